The second-order valence-electron chi connectivity index (χ2n) is 3.57. The first kappa shape index (κ1) is 11.5. The van der Waals surface area contributed by atoms with Crippen LogP contribution in [0.15, 0.2) is 33.9 Å². The zero-order chi connectivity index (χ0) is 12.4. The van der Waals surface area contributed by atoms with E-state index in [1.165, 1.54) is 11.3 Å². The molecule has 88 valence electrons. The van der Waals surface area contributed by atoms with E-state index in [4.69, 9.17) is 0 Å². The number of hydrogen-bond acceptors (Lipinski definition) is 4. The molecule has 0 bridgehead atoms. The molecule has 0 radical (unpaired) electrons. The predicted octanol–water partition coefficient (Wildman–Crippen LogP) is 0.789. The van der Waals surface area contributed by atoms with E-state index in [1.54, 1.807) is 6.07 Å². The number of aromatic nitrogens is 2. The summed E-state index contributed by atoms with van der Waals surface area (Å²) in [6, 6.07) is 5.84. The maximum atomic E-state index is 11.8. The Morgan fingerprint density at radius 2 is 2.06 bits per heavy atom. The number of rotatable bonds is 3. The van der Waals surface area contributed by atoms with Gasteiger partial charge < -0.3 is 0 Å². The van der Waals surface area contributed by atoms with Crippen LogP contribution in [0.4, 0.5) is 0 Å². The second-order valence-corrected chi connectivity index (χ2v) is 4.86. The zero-order valence-electron chi connectivity index (χ0n) is 9.10. The van der Waals surface area contributed by atoms with Crippen LogP contribution in [-0.2, 0) is 6.54 Å². The summed E-state index contributed by atoms with van der Waals surface area (Å²) in [5, 5.41) is 2.32. The largest absolute Gasteiger partial charge is 0.291 e. The molecule has 5 nitrogen and oxygen atoms in total. The van der Waals surface area contributed by atoms with Crippen molar-refractivity contribution in [3.05, 3.63) is 54.7 Å². The summed E-state index contributed by atoms with van der Waals surface area (Å²) in [7, 11) is 0. The Bertz CT molecular complexity index is 666. The average Bonchev–Trinajstić information content (AvgIpc) is 2.70. The van der Waals surface area contributed by atoms with Gasteiger partial charge in [-0.15, -0.1) is 11.3 Å². The van der Waals surface area contributed by atoms with E-state index in [9.17, 15) is 14.4 Å². The van der Waals surface area contributed by atoms with Crippen molar-refractivity contribution in [2.45, 2.75) is 13.5 Å². The minimum atomic E-state index is -0.403. The van der Waals surface area contributed by atoms with Gasteiger partial charge in [-0.05, 0) is 19.1 Å². The summed E-state index contributed by atoms with van der Waals surface area (Å²) < 4.78 is 1.01. The Labute approximate surface area is 100 Å². The number of nitrogens with one attached hydrogen (secondary N) is 1. The predicted molar refractivity (Wildman–Crippen MR) is 64.7 cm³/mol. The highest BCUT2D eigenvalue weighted by Gasteiger charge is 2.10. The summed E-state index contributed by atoms with van der Waals surface area (Å²) in [4.78, 5) is 35.9. The molecule has 0 spiro atoms. The van der Waals surface area contributed by atoms with E-state index in [-0.39, 0.29) is 12.3 Å². The number of nitrogens with zero attached hydrogens (tertiary/aromatic N) is 1. The fourth-order valence-electron chi connectivity index (χ4n) is 1.39. The van der Waals surface area contributed by atoms with E-state index in [1.807, 2.05) is 13.0 Å². The van der Waals surface area contributed by atoms with Crippen LogP contribution in [0, 0.1) is 6.92 Å². The maximum absolute atomic E-state index is 11.8. The molecule has 0 unspecified atom stereocenters. The molecule has 2 aromatic heterocycles. The van der Waals surface area contributed by atoms with Gasteiger partial charge >= 0.3 is 0 Å². The molecular formula is C11H10N2O3S. The number of hydrogen-bond donors (Lipinski definition) is 1. The summed E-state index contributed by atoms with van der Waals surface area (Å²) in [6.45, 7) is 1.76. The van der Waals surface area contributed by atoms with Gasteiger partial charge in [0, 0.05) is 17.0 Å². The number of thiophene rings is 1. The van der Waals surface area contributed by atoms with Crippen molar-refractivity contribution in [1.82, 2.24) is 9.78 Å². The zero-order valence-corrected chi connectivity index (χ0v) is 9.91. The summed E-state index contributed by atoms with van der Waals surface area (Å²) in [5.74, 6) is -0.188. The van der Waals surface area contributed by atoms with Gasteiger partial charge in [-0.1, -0.05) is 0 Å². The van der Waals surface area contributed by atoms with Crippen molar-refractivity contribution in [3.8, 4) is 0 Å². The molecule has 0 atom stereocenters. The Morgan fingerprint density at radius 3 is 2.71 bits per heavy atom. The van der Waals surface area contributed by atoms with Gasteiger partial charge in [-0.3, -0.25) is 19.5 Å². The Balaban J connectivity index is 2.27. The van der Waals surface area contributed by atoms with Gasteiger partial charge in [0.15, 0.2) is 5.78 Å². The molecule has 17 heavy (non-hydrogen) atoms. The lowest BCUT2D eigenvalue weighted by atomic mass is 10.3. The number of carbonyl (C=O) groups is 1. The van der Waals surface area contributed by atoms with Crippen LogP contribution < -0.4 is 11.1 Å². The van der Waals surface area contributed by atoms with Crippen molar-refractivity contribution in [2.75, 3.05) is 0 Å². The highest BCUT2D eigenvalue weighted by Crippen LogP contribution is 2.15. The molecule has 0 saturated carbocycles. The molecule has 2 heterocycles. The van der Waals surface area contributed by atoms with Crippen LogP contribution in [0.3, 0.4) is 0 Å². The highest BCUT2D eigenvalue weighted by atomic mass is 32.1. The third-order valence-corrected chi connectivity index (χ3v) is 3.25. The molecular weight excluding hydrogens is 240 g/mol. The number of aromatic amines is 1. The van der Waals surface area contributed by atoms with Crippen molar-refractivity contribution in [1.29, 1.82) is 0 Å². The van der Waals surface area contributed by atoms with E-state index in [0.29, 0.717) is 4.88 Å². The van der Waals surface area contributed by atoms with Gasteiger partial charge in [0.05, 0.1) is 4.88 Å². The Hall–Kier alpha value is -1.95. The van der Waals surface area contributed by atoms with Crippen LogP contribution in [0.5, 0.6) is 0 Å². The van der Waals surface area contributed by atoms with Crippen LogP contribution >= 0.6 is 11.3 Å². The van der Waals surface area contributed by atoms with Crippen molar-refractivity contribution < 1.29 is 4.79 Å². The van der Waals surface area contributed by atoms with E-state index < -0.39 is 11.1 Å². The Kier molecular flexibility index (Phi) is 3.06. The molecule has 0 saturated heterocycles. The van der Waals surface area contributed by atoms with Crippen molar-refractivity contribution in [3.63, 3.8) is 0 Å². The third kappa shape index (κ3) is 2.59. The smallest absolute Gasteiger partial charge is 0.265 e. The Morgan fingerprint density at radius 1 is 1.29 bits per heavy atom. The quantitative estimate of drug-likeness (QED) is 0.818. The van der Waals surface area contributed by atoms with Gasteiger partial charge in [0.25, 0.3) is 11.1 Å². The lowest BCUT2D eigenvalue weighted by Gasteiger charge is -2.02. The number of Topliss-reactive ketones (excluding diaryl/α,β-unsaturated/α-hetero) is 1. The summed E-state index contributed by atoms with van der Waals surface area (Å²) in [5.41, 5.74) is -0.800. The van der Waals surface area contributed by atoms with Crippen LogP contribution in [0.1, 0.15) is 14.5 Å². The van der Waals surface area contributed by atoms with Crippen LogP contribution in [0.25, 0.3) is 0 Å². The van der Waals surface area contributed by atoms with E-state index >= 15 is 0 Å². The fraction of sp³-hybridized carbons (Fsp3) is 0.182. The number of ketones is 1. The maximum Gasteiger partial charge on any atom is 0.265 e. The number of H-pyrrole nitrogens is 1. The molecule has 0 aliphatic rings. The molecule has 1 N–H and O–H groups in total. The van der Waals surface area contributed by atoms with Crippen molar-refractivity contribution in [2.24, 2.45) is 0 Å². The summed E-state index contributed by atoms with van der Waals surface area (Å²) >= 11 is 1.37. The normalized spacial score (nSPS) is 10.4. The molecule has 0 aliphatic heterocycles. The lowest BCUT2D eigenvalue weighted by Crippen LogP contribution is -2.30. The second kappa shape index (κ2) is 4.50. The topological polar surface area (TPSA) is 71.9 Å². The number of aryl methyl sites for hydroxylation is 1. The van der Waals surface area contributed by atoms with Crippen molar-refractivity contribution >= 4 is 17.1 Å². The number of carbonyl (C=O) groups excluding carboxylic acids is 1. The highest BCUT2D eigenvalue weighted by molar-refractivity contribution is 7.14. The SMILES string of the molecule is Cc1ccc(C(=O)Cn2[nH]c(=O)ccc2=O)s1. The molecule has 0 aliphatic carbocycles. The van der Waals surface area contributed by atoms with Gasteiger partial charge in [-0.2, -0.15) is 0 Å². The first-order chi connectivity index (χ1) is 8.06. The molecule has 2 rings (SSSR count). The average molecular weight is 250 g/mol. The van der Waals surface area contributed by atoms with Crippen LogP contribution in [-0.4, -0.2) is 15.6 Å². The first-order valence-electron chi connectivity index (χ1n) is 4.96. The van der Waals surface area contributed by atoms with Gasteiger partial charge in [-0.25, -0.2) is 4.68 Å². The molecule has 0 fully saturated rings. The standard InChI is InChI=1S/C11H10N2O3S/c1-7-2-3-9(17-7)8(14)6-13-11(16)5-4-10(15)12-13/h2-5H,6H2,1H3,(H,12,15). The molecule has 6 heteroatoms. The minimum Gasteiger partial charge on any atom is -0.291 e. The minimum absolute atomic E-state index is 0.144. The third-order valence-electron chi connectivity index (χ3n) is 2.21. The van der Waals surface area contributed by atoms with E-state index in [0.717, 1.165) is 21.7 Å². The lowest BCUT2D eigenvalue weighted by molar-refractivity contribution is 0.0969. The molecule has 0 aromatic carbocycles. The fourth-order valence-corrected chi connectivity index (χ4v) is 2.18. The summed E-state index contributed by atoms with van der Waals surface area (Å²) in [6.07, 6.45) is 0. The van der Waals surface area contributed by atoms with E-state index in [2.05, 4.69) is 5.10 Å². The monoisotopic (exact) mass is 250 g/mol. The first-order valence-corrected chi connectivity index (χ1v) is 5.78. The van der Waals surface area contributed by atoms with Gasteiger partial charge in [0.1, 0.15) is 6.54 Å². The molecule has 0 amide bonds. The van der Waals surface area contributed by atoms with Crippen LogP contribution in [0.2, 0.25) is 0 Å². The molecule has 2 aromatic rings. The van der Waals surface area contributed by atoms with Gasteiger partial charge in [0.2, 0.25) is 0 Å².